The van der Waals surface area contributed by atoms with Crippen molar-refractivity contribution < 1.29 is 18.8 Å². The zero-order valence-corrected chi connectivity index (χ0v) is 23.4. The van der Waals surface area contributed by atoms with Crippen molar-refractivity contribution in [3.63, 3.8) is 0 Å². The molecule has 1 saturated heterocycles. The molecule has 2 heterocycles. The number of aryl methyl sites for hydroxylation is 2. The summed E-state index contributed by atoms with van der Waals surface area (Å²) >= 11 is 5.99. The number of quaternary nitrogens is 1. The molecule has 1 atom stereocenters. The number of hydrogen-bond acceptors (Lipinski definition) is 7. The van der Waals surface area contributed by atoms with Gasteiger partial charge in [-0.25, -0.2) is 9.97 Å². The molecule has 208 valence electrons. The van der Waals surface area contributed by atoms with Gasteiger partial charge in [0.05, 0.1) is 46.4 Å². The highest BCUT2D eigenvalue weighted by Crippen LogP contribution is 2.25. The van der Waals surface area contributed by atoms with Crippen molar-refractivity contribution in [3.8, 4) is 11.5 Å². The third kappa shape index (κ3) is 7.52. The van der Waals surface area contributed by atoms with Crippen molar-refractivity contribution in [2.75, 3.05) is 51.9 Å². The summed E-state index contributed by atoms with van der Waals surface area (Å²) in [6.07, 6.45) is 4.99. The summed E-state index contributed by atoms with van der Waals surface area (Å²) < 4.78 is 11.5. The molecule has 1 aliphatic heterocycles. The van der Waals surface area contributed by atoms with Crippen LogP contribution in [0.1, 0.15) is 40.9 Å². The molecule has 0 aliphatic carbocycles. The first-order valence-electron chi connectivity index (χ1n) is 13.3. The van der Waals surface area contributed by atoms with Gasteiger partial charge in [-0.05, 0) is 48.2 Å². The summed E-state index contributed by atoms with van der Waals surface area (Å²) in [5, 5.41) is 3.09. The van der Waals surface area contributed by atoms with Crippen LogP contribution in [-0.2, 0) is 12.8 Å². The predicted octanol–water partition coefficient (Wildman–Crippen LogP) is 3.90. The number of nitrogen functional groups attached to an aromatic ring is 2. The molecule has 10 heteroatoms. The smallest absolute Gasteiger partial charge is 0.274 e. The number of hydrogen-bond donors (Lipinski definition) is 3. The molecule has 4 rings (SSSR count). The maximum atomic E-state index is 13.0. The summed E-state index contributed by atoms with van der Waals surface area (Å²) in [7, 11) is 3.36. The number of nitrogens with two attached hydrogens (primary N) is 2. The zero-order valence-electron chi connectivity index (χ0n) is 22.7. The van der Waals surface area contributed by atoms with Gasteiger partial charge in [0.1, 0.15) is 11.5 Å². The van der Waals surface area contributed by atoms with E-state index in [-0.39, 0.29) is 34.4 Å². The van der Waals surface area contributed by atoms with Crippen LogP contribution in [0.25, 0.3) is 0 Å². The fraction of sp³-hybridized carbons (Fsp3) is 0.414. The summed E-state index contributed by atoms with van der Waals surface area (Å²) in [6.45, 7) is 3.93. The lowest BCUT2D eigenvalue weighted by atomic mass is 10.1. The van der Waals surface area contributed by atoms with E-state index in [0.29, 0.717) is 0 Å². The lowest BCUT2D eigenvalue weighted by Crippen LogP contribution is -2.50. The Labute approximate surface area is 235 Å². The number of amides is 1. The van der Waals surface area contributed by atoms with Crippen LogP contribution in [0.4, 0.5) is 11.6 Å². The lowest BCUT2D eigenvalue weighted by molar-refractivity contribution is -0.917. The summed E-state index contributed by atoms with van der Waals surface area (Å²) in [4.78, 5) is 21.0. The average molecular weight is 554 g/mol. The Kier molecular flexibility index (Phi) is 9.48. The van der Waals surface area contributed by atoms with E-state index in [2.05, 4.69) is 39.6 Å². The summed E-state index contributed by atoms with van der Waals surface area (Å²) in [5.41, 5.74) is 14.2. The van der Waals surface area contributed by atoms with Crippen molar-refractivity contribution in [1.29, 1.82) is 0 Å². The number of ether oxygens (including phenoxy) is 2. The van der Waals surface area contributed by atoms with E-state index in [1.165, 1.54) is 11.1 Å². The minimum Gasteiger partial charge on any atom is -0.497 e. The largest absolute Gasteiger partial charge is 0.497 e. The number of nitrogens with zero attached hydrogens (tertiary/aromatic N) is 3. The quantitative estimate of drug-likeness (QED) is 0.290. The van der Waals surface area contributed by atoms with E-state index < -0.39 is 0 Å². The second-order valence-corrected chi connectivity index (χ2v) is 10.5. The average Bonchev–Trinajstić information content (AvgIpc) is 3.33. The summed E-state index contributed by atoms with van der Waals surface area (Å²) in [6, 6.07) is 16.6. The van der Waals surface area contributed by atoms with Gasteiger partial charge in [-0.3, -0.25) is 4.79 Å². The Bertz CT molecular complexity index is 1200. The molecule has 1 aliphatic rings. The van der Waals surface area contributed by atoms with E-state index >= 15 is 0 Å². The number of aromatic nitrogens is 2. The van der Waals surface area contributed by atoms with Crippen molar-refractivity contribution >= 4 is 29.1 Å². The number of nitrogens with one attached hydrogen (secondary N) is 1. The molecule has 0 radical (unpaired) electrons. The maximum Gasteiger partial charge on any atom is 0.274 e. The van der Waals surface area contributed by atoms with Crippen LogP contribution in [0.3, 0.4) is 0 Å². The molecular weight excluding hydrogens is 516 g/mol. The molecule has 9 nitrogen and oxygen atoms in total. The van der Waals surface area contributed by atoms with E-state index in [1.807, 2.05) is 24.3 Å². The van der Waals surface area contributed by atoms with E-state index in [0.717, 1.165) is 74.3 Å². The molecule has 0 spiro atoms. The second-order valence-electron chi connectivity index (χ2n) is 10.2. The molecule has 5 N–H and O–H groups in total. The minimum absolute atomic E-state index is 0.0102. The number of methoxy groups -OCH3 is 2. The molecule has 0 saturated carbocycles. The molecular formula is C29H38ClN6O3+. The Hall–Kier alpha value is -3.56. The molecule has 0 bridgehead atoms. The van der Waals surface area contributed by atoms with Gasteiger partial charge in [-0.15, -0.1) is 0 Å². The standard InChI is InChI=1S/C29H37ClN6O3/c1-38-23-11-7-20(8-12-23)5-3-16-36(17-4-6-21-9-13-24(39-2)14-10-21)18-15-22(19-36)33-29(37)25-27(31)35-28(32)26(30)34-25/h7-14,22H,3-6,15-19H2,1-2H3,(H4-,31,32,33,35,37)/p+1. The molecule has 1 amide bonds. The van der Waals surface area contributed by atoms with Gasteiger partial charge >= 0.3 is 0 Å². The van der Waals surface area contributed by atoms with E-state index in [9.17, 15) is 4.79 Å². The van der Waals surface area contributed by atoms with E-state index in [4.69, 9.17) is 32.5 Å². The Morgan fingerprint density at radius 2 is 1.46 bits per heavy atom. The van der Waals surface area contributed by atoms with Gasteiger partial charge in [0.2, 0.25) is 0 Å². The van der Waals surface area contributed by atoms with Crippen molar-refractivity contribution in [2.45, 2.75) is 38.1 Å². The van der Waals surface area contributed by atoms with Gasteiger partial charge in [0, 0.05) is 19.3 Å². The van der Waals surface area contributed by atoms with Crippen molar-refractivity contribution in [3.05, 3.63) is 70.5 Å². The molecule has 2 aromatic carbocycles. The zero-order chi connectivity index (χ0) is 27.8. The molecule has 1 fully saturated rings. The first-order valence-corrected chi connectivity index (χ1v) is 13.7. The maximum absolute atomic E-state index is 13.0. The SMILES string of the molecule is COc1ccc(CCC[N+]2(CCCc3ccc(OC)cc3)CCC(NC(=O)c3nc(Cl)c(N)nc3N)C2)cc1. The number of benzene rings is 2. The Balaban J connectivity index is 1.39. The van der Waals surface area contributed by atoms with Gasteiger partial charge < -0.3 is 30.7 Å². The highest BCUT2D eigenvalue weighted by molar-refractivity contribution is 6.31. The normalized spacial score (nSPS) is 16.1. The topological polar surface area (TPSA) is 125 Å². The molecule has 1 unspecified atom stereocenters. The first kappa shape index (κ1) is 28.4. The van der Waals surface area contributed by atoms with Crippen LogP contribution in [0.15, 0.2) is 48.5 Å². The van der Waals surface area contributed by atoms with Crippen LogP contribution in [0.5, 0.6) is 11.5 Å². The van der Waals surface area contributed by atoms with Gasteiger partial charge in [0.15, 0.2) is 22.5 Å². The second kappa shape index (κ2) is 13.0. The number of rotatable bonds is 12. The third-order valence-corrected chi connectivity index (χ3v) is 7.81. The van der Waals surface area contributed by atoms with Gasteiger partial charge in [0.25, 0.3) is 5.91 Å². The number of halogens is 1. The molecule has 3 aromatic rings. The highest BCUT2D eigenvalue weighted by atomic mass is 35.5. The number of anilines is 2. The van der Waals surface area contributed by atoms with Crippen LogP contribution < -0.4 is 26.3 Å². The van der Waals surface area contributed by atoms with Gasteiger partial charge in [-0.1, -0.05) is 35.9 Å². The Morgan fingerprint density at radius 3 is 1.97 bits per heavy atom. The van der Waals surface area contributed by atoms with Crippen molar-refractivity contribution in [1.82, 2.24) is 15.3 Å². The van der Waals surface area contributed by atoms with Gasteiger partial charge in [-0.2, -0.15) is 0 Å². The van der Waals surface area contributed by atoms with E-state index in [1.54, 1.807) is 14.2 Å². The fourth-order valence-electron chi connectivity index (χ4n) is 5.40. The monoisotopic (exact) mass is 553 g/mol. The predicted molar refractivity (Wildman–Crippen MR) is 154 cm³/mol. The summed E-state index contributed by atoms with van der Waals surface area (Å²) in [5.74, 6) is 1.35. The lowest BCUT2D eigenvalue weighted by Gasteiger charge is -2.35. The number of likely N-dealkylation sites (tertiary alicyclic amines) is 1. The molecule has 1 aromatic heterocycles. The van der Waals surface area contributed by atoms with Crippen LogP contribution >= 0.6 is 11.6 Å². The fourth-order valence-corrected chi connectivity index (χ4v) is 5.53. The third-order valence-electron chi connectivity index (χ3n) is 7.53. The Morgan fingerprint density at radius 1 is 0.923 bits per heavy atom. The first-order chi connectivity index (χ1) is 18.8. The number of carbonyl (C=O) groups excluding carboxylic acids is 1. The van der Waals surface area contributed by atoms with Crippen LogP contribution in [-0.4, -0.2) is 66.8 Å². The van der Waals surface area contributed by atoms with Crippen LogP contribution in [0.2, 0.25) is 5.15 Å². The molecule has 39 heavy (non-hydrogen) atoms. The van der Waals surface area contributed by atoms with Crippen molar-refractivity contribution in [2.24, 2.45) is 0 Å². The highest BCUT2D eigenvalue weighted by Gasteiger charge is 2.38. The van der Waals surface area contributed by atoms with Crippen LogP contribution in [0, 0.1) is 0 Å². The minimum atomic E-state index is -0.372. The number of carbonyl (C=O) groups is 1.